The zero-order valence-electron chi connectivity index (χ0n) is 13.6. The van der Waals surface area contributed by atoms with Gasteiger partial charge in [0.25, 0.3) is 5.91 Å². The minimum absolute atomic E-state index is 0.105. The molecule has 1 fully saturated rings. The van der Waals surface area contributed by atoms with Crippen molar-refractivity contribution >= 4 is 17.7 Å². The van der Waals surface area contributed by atoms with Crippen LogP contribution in [0.25, 0.3) is 0 Å². The van der Waals surface area contributed by atoms with Crippen LogP contribution in [0, 0.1) is 5.82 Å². The maximum absolute atomic E-state index is 12.8. The highest BCUT2D eigenvalue weighted by Gasteiger charge is 2.21. The van der Waals surface area contributed by atoms with Crippen molar-refractivity contribution in [1.82, 2.24) is 10.3 Å². The smallest absolute Gasteiger partial charge is 0.256 e. The lowest BCUT2D eigenvalue weighted by Crippen LogP contribution is -2.29. The van der Waals surface area contributed by atoms with Gasteiger partial charge in [-0.3, -0.25) is 4.79 Å². The quantitative estimate of drug-likeness (QED) is 0.768. The summed E-state index contributed by atoms with van der Waals surface area (Å²) in [4.78, 5) is 16.5. The summed E-state index contributed by atoms with van der Waals surface area (Å²) in [5.74, 6) is 2.34. The number of carbonyl (C=O) groups excluding carboxylic acids is 1. The Morgan fingerprint density at radius 1 is 1.32 bits per heavy atom. The predicted molar refractivity (Wildman–Crippen MR) is 94.8 cm³/mol. The number of carbonyl (C=O) groups is 1. The molecule has 1 atom stereocenters. The first-order chi connectivity index (χ1) is 12.2. The van der Waals surface area contributed by atoms with Crippen molar-refractivity contribution in [1.29, 1.82) is 0 Å². The van der Waals surface area contributed by atoms with E-state index in [0.29, 0.717) is 23.7 Å². The van der Waals surface area contributed by atoms with E-state index in [-0.39, 0.29) is 24.4 Å². The van der Waals surface area contributed by atoms with Gasteiger partial charge in [0.2, 0.25) is 5.88 Å². The lowest BCUT2D eigenvalue weighted by molar-refractivity contribution is 0.0939. The number of nitrogens with zero attached hydrogens (tertiary/aromatic N) is 1. The number of hydrogen-bond acceptors (Lipinski definition) is 5. The van der Waals surface area contributed by atoms with Crippen molar-refractivity contribution in [2.24, 2.45) is 0 Å². The van der Waals surface area contributed by atoms with Gasteiger partial charge in [0.1, 0.15) is 29.8 Å². The molecular weight excluding hydrogens is 343 g/mol. The van der Waals surface area contributed by atoms with Crippen LogP contribution in [0.2, 0.25) is 0 Å². The molecule has 1 saturated heterocycles. The van der Waals surface area contributed by atoms with Gasteiger partial charge in [-0.2, -0.15) is 11.8 Å². The number of ether oxygens (including phenoxy) is 2. The molecule has 0 spiro atoms. The van der Waals surface area contributed by atoms with Crippen molar-refractivity contribution < 1.29 is 18.7 Å². The number of aromatic nitrogens is 1. The number of hydrogen-bond donors (Lipinski definition) is 1. The molecule has 1 aliphatic heterocycles. The number of pyridine rings is 1. The van der Waals surface area contributed by atoms with E-state index in [2.05, 4.69) is 10.3 Å². The second-order valence-corrected chi connectivity index (χ2v) is 6.67. The van der Waals surface area contributed by atoms with Crippen molar-refractivity contribution in [3.05, 3.63) is 54.0 Å². The number of halogens is 1. The van der Waals surface area contributed by atoms with Crippen LogP contribution in [0.1, 0.15) is 16.8 Å². The molecule has 1 N–H and O–H groups in total. The molecule has 0 bridgehead atoms. The molecule has 1 unspecified atom stereocenters. The highest BCUT2D eigenvalue weighted by Crippen LogP contribution is 2.24. The van der Waals surface area contributed by atoms with E-state index in [1.807, 2.05) is 11.8 Å². The van der Waals surface area contributed by atoms with Crippen LogP contribution in [0.4, 0.5) is 4.39 Å². The van der Waals surface area contributed by atoms with Crippen molar-refractivity contribution in [3.8, 4) is 11.6 Å². The Morgan fingerprint density at radius 3 is 2.92 bits per heavy atom. The van der Waals surface area contributed by atoms with Crippen LogP contribution >= 0.6 is 11.8 Å². The third-order valence-electron chi connectivity index (χ3n) is 3.65. The topological polar surface area (TPSA) is 60.5 Å². The Kier molecular flexibility index (Phi) is 6.11. The molecule has 0 radical (unpaired) electrons. The average molecular weight is 362 g/mol. The highest BCUT2D eigenvalue weighted by atomic mass is 32.2. The Labute approximate surface area is 149 Å². The second kappa shape index (κ2) is 8.71. The monoisotopic (exact) mass is 362 g/mol. The third-order valence-corrected chi connectivity index (χ3v) is 4.78. The first kappa shape index (κ1) is 17.5. The minimum atomic E-state index is -0.314. The van der Waals surface area contributed by atoms with E-state index in [0.717, 1.165) is 17.9 Å². The Bertz CT molecular complexity index is 706. The molecular formula is C18H19FN2O3S. The fourth-order valence-electron chi connectivity index (χ4n) is 2.38. The van der Waals surface area contributed by atoms with Gasteiger partial charge in [0.05, 0.1) is 6.54 Å². The summed E-state index contributed by atoms with van der Waals surface area (Å²) in [5, 5.41) is 2.78. The molecule has 1 aromatic heterocycles. The molecule has 1 aliphatic rings. The Hall–Kier alpha value is -2.28. The summed E-state index contributed by atoms with van der Waals surface area (Å²) in [6.07, 6.45) is 2.69. The zero-order chi connectivity index (χ0) is 17.5. The van der Waals surface area contributed by atoms with Gasteiger partial charge in [0, 0.05) is 11.9 Å². The summed E-state index contributed by atoms with van der Waals surface area (Å²) in [7, 11) is 0. The van der Waals surface area contributed by atoms with Crippen molar-refractivity contribution in [2.45, 2.75) is 12.5 Å². The van der Waals surface area contributed by atoms with Gasteiger partial charge in [-0.25, -0.2) is 9.37 Å². The molecule has 25 heavy (non-hydrogen) atoms. The first-order valence-corrected chi connectivity index (χ1v) is 9.24. The summed E-state index contributed by atoms with van der Waals surface area (Å²) in [5.41, 5.74) is 0.418. The fraction of sp³-hybridized carbons (Fsp3) is 0.333. The minimum Gasteiger partial charge on any atom is -0.492 e. The Balaban J connectivity index is 1.50. The van der Waals surface area contributed by atoms with Crippen LogP contribution < -0.4 is 14.8 Å². The lowest BCUT2D eigenvalue weighted by Gasteiger charge is -2.14. The van der Waals surface area contributed by atoms with Crippen LogP contribution in [-0.2, 0) is 0 Å². The maximum atomic E-state index is 12.8. The highest BCUT2D eigenvalue weighted by molar-refractivity contribution is 7.99. The number of rotatable bonds is 7. The van der Waals surface area contributed by atoms with Gasteiger partial charge in [-0.05, 0) is 48.6 Å². The van der Waals surface area contributed by atoms with Gasteiger partial charge in [-0.1, -0.05) is 0 Å². The fourth-order valence-corrected chi connectivity index (χ4v) is 3.47. The molecule has 0 aliphatic carbocycles. The van der Waals surface area contributed by atoms with E-state index >= 15 is 0 Å². The molecule has 3 rings (SSSR count). The molecule has 2 heterocycles. The van der Waals surface area contributed by atoms with E-state index in [4.69, 9.17) is 9.47 Å². The molecule has 5 nitrogen and oxygen atoms in total. The van der Waals surface area contributed by atoms with Crippen LogP contribution in [0.15, 0.2) is 42.6 Å². The molecule has 132 valence electrons. The number of amides is 1. The summed E-state index contributed by atoms with van der Waals surface area (Å²) >= 11 is 1.84. The van der Waals surface area contributed by atoms with Gasteiger partial charge >= 0.3 is 0 Å². The van der Waals surface area contributed by atoms with Gasteiger partial charge < -0.3 is 14.8 Å². The van der Waals surface area contributed by atoms with E-state index < -0.39 is 0 Å². The molecule has 7 heteroatoms. The normalized spacial score (nSPS) is 16.4. The number of benzene rings is 1. The van der Waals surface area contributed by atoms with Crippen LogP contribution in [0.5, 0.6) is 11.6 Å². The second-order valence-electron chi connectivity index (χ2n) is 5.52. The summed E-state index contributed by atoms with van der Waals surface area (Å²) in [6, 6.07) is 9.15. The molecule has 0 saturated carbocycles. The third kappa shape index (κ3) is 5.09. The maximum Gasteiger partial charge on any atom is 0.256 e. The average Bonchev–Trinajstić information content (AvgIpc) is 3.13. The largest absolute Gasteiger partial charge is 0.492 e. The standard InChI is InChI=1S/C18H19FN2O3S/c19-13-3-5-14(6-4-13)23-10-9-20-17(22)16-2-1-8-21-18(16)24-15-7-11-25-12-15/h1-6,8,15H,7,9-12H2,(H,20,22). The van der Waals surface area contributed by atoms with E-state index in [1.54, 1.807) is 30.5 Å². The van der Waals surface area contributed by atoms with E-state index in [9.17, 15) is 9.18 Å². The number of thioether (sulfide) groups is 1. The van der Waals surface area contributed by atoms with Gasteiger partial charge in [-0.15, -0.1) is 0 Å². The summed E-state index contributed by atoms with van der Waals surface area (Å²) in [6.45, 7) is 0.608. The first-order valence-electron chi connectivity index (χ1n) is 8.08. The zero-order valence-corrected chi connectivity index (χ0v) is 14.4. The number of nitrogens with one attached hydrogen (secondary N) is 1. The molecule has 1 amide bonds. The Morgan fingerprint density at radius 2 is 2.16 bits per heavy atom. The van der Waals surface area contributed by atoms with Gasteiger partial charge in [0.15, 0.2) is 0 Å². The van der Waals surface area contributed by atoms with E-state index in [1.165, 1.54) is 12.1 Å². The SMILES string of the molecule is O=C(NCCOc1ccc(F)cc1)c1cccnc1OC1CCSC1. The van der Waals surface area contributed by atoms with Crippen LogP contribution in [0.3, 0.4) is 0 Å². The predicted octanol–water partition coefficient (Wildman–Crippen LogP) is 2.91. The van der Waals surface area contributed by atoms with Crippen molar-refractivity contribution in [2.75, 3.05) is 24.7 Å². The van der Waals surface area contributed by atoms with Crippen LogP contribution in [-0.4, -0.2) is 41.7 Å². The lowest BCUT2D eigenvalue weighted by atomic mass is 10.2. The van der Waals surface area contributed by atoms with Crippen molar-refractivity contribution in [3.63, 3.8) is 0 Å². The molecule has 1 aromatic carbocycles. The summed E-state index contributed by atoms with van der Waals surface area (Å²) < 4.78 is 24.1. The molecule has 2 aromatic rings.